The molecule has 0 saturated carbocycles. The van der Waals surface area contributed by atoms with Gasteiger partial charge >= 0.3 is 0 Å². The van der Waals surface area contributed by atoms with Crippen molar-refractivity contribution in [1.82, 2.24) is 19.8 Å². The molecular weight excluding hydrogens is 248 g/mol. The van der Waals surface area contributed by atoms with Crippen LogP contribution in [-0.2, 0) is 6.54 Å². The third-order valence-electron chi connectivity index (χ3n) is 4.49. The van der Waals surface area contributed by atoms with E-state index in [1.54, 1.807) is 0 Å². The topological polar surface area (TPSA) is 33.1 Å². The Kier molecular flexibility index (Phi) is 4.55. The summed E-state index contributed by atoms with van der Waals surface area (Å²) in [6.45, 7) is 16.1. The van der Waals surface area contributed by atoms with Gasteiger partial charge in [0, 0.05) is 50.2 Å². The van der Waals surface area contributed by atoms with E-state index >= 15 is 0 Å². The SMILES string of the molecule is CC(C)(C)C1CN(CCCn2ccnc2)C(C)(C)CN1. The molecule has 1 saturated heterocycles. The van der Waals surface area contributed by atoms with E-state index in [1.807, 2.05) is 18.7 Å². The zero-order valence-corrected chi connectivity index (χ0v) is 13.7. The Morgan fingerprint density at radius 3 is 2.65 bits per heavy atom. The summed E-state index contributed by atoms with van der Waals surface area (Å²) in [6, 6.07) is 0.573. The van der Waals surface area contributed by atoms with Gasteiger partial charge < -0.3 is 9.88 Å². The molecule has 1 aliphatic rings. The summed E-state index contributed by atoms with van der Waals surface area (Å²) in [5.41, 5.74) is 0.565. The maximum absolute atomic E-state index is 4.10. The van der Waals surface area contributed by atoms with Gasteiger partial charge in [0.05, 0.1) is 6.33 Å². The molecule has 1 fully saturated rings. The predicted octanol–water partition coefficient (Wildman–Crippen LogP) is 2.37. The van der Waals surface area contributed by atoms with Gasteiger partial charge in [-0.05, 0) is 25.7 Å². The van der Waals surface area contributed by atoms with E-state index in [2.05, 4.69) is 54.4 Å². The van der Waals surface area contributed by atoms with Crippen LogP contribution < -0.4 is 5.32 Å². The number of nitrogens with one attached hydrogen (secondary N) is 1. The highest BCUT2D eigenvalue weighted by Crippen LogP contribution is 2.27. The minimum atomic E-state index is 0.247. The predicted molar refractivity (Wildman–Crippen MR) is 83.7 cm³/mol. The lowest BCUT2D eigenvalue weighted by Crippen LogP contribution is -2.64. The van der Waals surface area contributed by atoms with Crippen LogP contribution in [0, 0.1) is 5.41 Å². The van der Waals surface area contributed by atoms with Gasteiger partial charge in [0.1, 0.15) is 0 Å². The molecule has 0 spiro atoms. The normalized spacial score (nSPS) is 23.9. The van der Waals surface area contributed by atoms with E-state index in [0.29, 0.717) is 11.5 Å². The second-order valence-corrected chi connectivity index (χ2v) is 7.71. The van der Waals surface area contributed by atoms with Crippen molar-refractivity contribution < 1.29 is 0 Å². The molecule has 0 aromatic carbocycles. The zero-order valence-electron chi connectivity index (χ0n) is 13.7. The van der Waals surface area contributed by atoms with E-state index < -0.39 is 0 Å². The summed E-state index contributed by atoms with van der Waals surface area (Å²) < 4.78 is 2.16. The van der Waals surface area contributed by atoms with Crippen molar-refractivity contribution in [2.45, 2.75) is 59.2 Å². The summed E-state index contributed by atoms with van der Waals surface area (Å²) in [5.74, 6) is 0. The largest absolute Gasteiger partial charge is 0.337 e. The molecule has 0 aliphatic carbocycles. The first-order valence-corrected chi connectivity index (χ1v) is 7.73. The van der Waals surface area contributed by atoms with E-state index in [-0.39, 0.29) is 5.54 Å². The fourth-order valence-electron chi connectivity index (χ4n) is 2.85. The molecule has 2 heterocycles. The highest BCUT2D eigenvalue weighted by molar-refractivity contribution is 4.96. The average molecular weight is 278 g/mol. The second kappa shape index (κ2) is 5.86. The maximum atomic E-state index is 4.10. The Morgan fingerprint density at radius 2 is 2.05 bits per heavy atom. The molecule has 0 radical (unpaired) electrons. The third-order valence-corrected chi connectivity index (χ3v) is 4.49. The number of aryl methyl sites for hydroxylation is 1. The monoisotopic (exact) mass is 278 g/mol. The number of hydrogen-bond donors (Lipinski definition) is 1. The molecule has 2 rings (SSSR count). The van der Waals surface area contributed by atoms with Crippen LogP contribution in [-0.4, -0.2) is 45.7 Å². The van der Waals surface area contributed by atoms with Gasteiger partial charge in [0.25, 0.3) is 0 Å². The van der Waals surface area contributed by atoms with Crippen LogP contribution in [0.25, 0.3) is 0 Å². The number of hydrogen-bond acceptors (Lipinski definition) is 3. The van der Waals surface area contributed by atoms with Crippen LogP contribution in [0.3, 0.4) is 0 Å². The van der Waals surface area contributed by atoms with Crippen molar-refractivity contribution in [1.29, 1.82) is 0 Å². The molecule has 4 heteroatoms. The summed E-state index contributed by atoms with van der Waals surface area (Å²) in [5, 5.41) is 3.73. The summed E-state index contributed by atoms with van der Waals surface area (Å²) in [4.78, 5) is 6.75. The average Bonchev–Trinajstić information content (AvgIpc) is 2.82. The Morgan fingerprint density at radius 1 is 1.30 bits per heavy atom. The van der Waals surface area contributed by atoms with Crippen molar-refractivity contribution in [3.8, 4) is 0 Å². The summed E-state index contributed by atoms with van der Waals surface area (Å²) >= 11 is 0. The Balaban J connectivity index is 1.89. The minimum Gasteiger partial charge on any atom is -0.337 e. The first kappa shape index (κ1) is 15.5. The van der Waals surface area contributed by atoms with Crippen molar-refractivity contribution in [2.24, 2.45) is 5.41 Å². The van der Waals surface area contributed by atoms with E-state index in [4.69, 9.17) is 0 Å². The molecule has 0 amide bonds. The number of imidazole rings is 1. The highest BCUT2D eigenvalue weighted by atomic mass is 15.3. The smallest absolute Gasteiger partial charge is 0.0945 e. The molecule has 1 aliphatic heterocycles. The van der Waals surface area contributed by atoms with Gasteiger partial charge in [-0.25, -0.2) is 4.98 Å². The van der Waals surface area contributed by atoms with Gasteiger partial charge in [-0.3, -0.25) is 4.90 Å². The first-order valence-electron chi connectivity index (χ1n) is 7.73. The fourth-order valence-corrected chi connectivity index (χ4v) is 2.85. The molecule has 1 atom stereocenters. The van der Waals surface area contributed by atoms with Crippen LogP contribution in [0.1, 0.15) is 41.0 Å². The van der Waals surface area contributed by atoms with Crippen LogP contribution in [0.2, 0.25) is 0 Å². The fraction of sp³-hybridized carbons (Fsp3) is 0.812. The molecule has 1 aromatic heterocycles. The zero-order chi connectivity index (χ0) is 14.8. The standard InChI is InChI=1S/C16H30N4/c1-15(2,3)14-11-20(16(4,5)12-18-14)9-6-8-19-10-7-17-13-19/h7,10,13-14,18H,6,8-9,11-12H2,1-5H3. The summed E-state index contributed by atoms with van der Waals surface area (Å²) in [7, 11) is 0. The van der Waals surface area contributed by atoms with Crippen molar-refractivity contribution in [2.75, 3.05) is 19.6 Å². The van der Waals surface area contributed by atoms with Gasteiger partial charge in [-0.15, -0.1) is 0 Å². The van der Waals surface area contributed by atoms with E-state index in [9.17, 15) is 0 Å². The summed E-state index contributed by atoms with van der Waals surface area (Å²) in [6.07, 6.45) is 6.97. The molecule has 20 heavy (non-hydrogen) atoms. The Labute approximate surface area is 123 Å². The lowest BCUT2D eigenvalue weighted by atomic mass is 9.83. The quantitative estimate of drug-likeness (QED) is 0.918. The Hall–Kier alpha value is -0.870. The van der Waals surface area contributed by atoms with Crippen molar-refractivity contribution in [3.63, 3.8) is 0 Å². The van der Waals surface area contributed by atoms with Crippen LogP contribution in [0.5, 0.6) is 0 Å². The lowest BCUT2D eigenvalue weighted by Gasteiger charge is -2.49. The molecule has 1 unspecified atom stereocenters. The van der Waals surface area contributed by atoms with E-state index in [1.165, 1.54) is 6.42 Å². The molecular formula is C16H30N4. The number of rotatable bonds is 4. The number of nitrogens with zero attached hydrogens (tertiary/aromatic N) is 3. The van der Waals surface area contributed by atoms with Gasteiger partial charge in [-0.2, -0.15) is 0 Å². The van der Waals surface area contributed by atoms with E-state index in [0.717, 1.165) is 26.2 Å². The molecule has 114 valence electrons. The lowest BCUT2D eigenvalue weighted by molar-refractivity contribution is 0.0343. The van der Waals surface area contributed by atoms with Gasteiger partial charge in [0.2, 0.25) is 0 Å². The molecule has 1 N–H and O–H groups in total. The van der Waals surface area contributed by atoms with Crippen LogP contribution in [0.15, 0.2) is 18.7 Å². The molecule has 1 aromatic rings. The van der Waals surface area contributed by atoms with Crippen LogP contribution >= 0.6 is 0 Å². The minimum absolute atomic E-state index is 0.247. The number of piperazine rings is 1. The molecule has 4 nitrogen and oxygen atoms in total. The van der Waals surface area contributed by atoms with Gasteiger partial charge in [0.15, 0.2) is 0 Å². The first-order chi connectivity index (χ1) is 9.29. The Bertz CT molecular complexity index is 403. The van der Waals surface area contributed by atoms with Crippen molar-refractivity contribution >= 4 is 0 Å². The number of aromatic nitrogens is 2. The van der Waals surface area contributed by atoms with Gasteiger partial charge in [-0.1, -0.05) is 20.8 Å². The third kappa shape index (κ3) is 3.83. The molecule has 0 bridgehead atoms. The van der Waals surface area contributed by atoms with Crippen molar-refractivity contribution in [3.05, 3.63) is 18.7 Å². The maximum Gasteiger partial charge on any atom is 0.0945 e. The second-order valence-electron chi connectivity index (χ2n) is 7.71. The van der Waals surface area contributed by atoms with Crippen LogP contribution in [0.4, 0.5) is 0 Å². The highest BCUT2D eigenvalue weighted by Gasteiger charge is 2.37.